The molecule has 2 N–H and O–H groups in total. The largest absolute Gasteiger partial charge is 0.507 e. The molecule has 0 unspecified atom stereocenters. The number of alkyl halides is 2. The van der Waals surface area contributed by atoms with Crippen LogP contribution in [0, 0.1) is 0 Å². The van der Waals surface area contributed by atoms with E-state index in [2.05, 4.69) is 10.1 Å². The number of rotatable bonds is 5. The summed E-state index contributed by atoms with van der Waals surface area (Å²) in [6.45, 7) is -2.98. The fraction of sp³-hybridized carbons (Fsp3) is 0.133. The van der Waals surface area contributed by atoms with E-state index >= 15 is 0 Å². The van der Waals surface area contributed by atoms with Gasteiger partial charge in [-0.3, -0.25) is 4.79 Å². The Hall–Kier alpha value is -2.34. The summed E-state index contributed by atoms with van der Waals surface area (Å²) in [6.07, 6.45) is 0. The average Bonchev–Trinajstić information content (AvgIpc) is 2.48. The molecule has 0 fully saturated rings. The third kappa shape index (κ3) is 4.08. The van der Waals surface area contributed by atoms with Gasteiger partial charge in [0, 0.05) is 17.1 Å². The minimum atomic E-state index is -2.95. The Morgan fingerprint density at radius 3 is 2.73 bits per heavy atom. The maximum Gasteiger partial charge on any atom is 0.387 e. The topological polar surface area (TPSA) is 58.6 Å². The summed E-state index contributed by atoms with van der Waals surface area (Å²) in [5.41, 5.74) is 0.387. The van der Waals surface area contributed by atoms with Crippen molar-refractivity contribution in [3.8, 4) is 11.5 Å². The average molecular weight is 328 g/mol. The van der Waals surface area contributed by atoms with E-state index in [0.29, 0.717) is 10.6 Å². The molecular weight excluding hydrogens is 316 g/mol. The Morgan fingerprint density at radius 2 is 2.00 bits per heavy atom. The fourth-order valence-corrected chi connectivity index (χ4v) is 1.99. The van der Waals surface area contributed by atoms with Crippen LogP contribution in [0.2, 0.25) is 5.02 Å². The van der Waals surface area contributed by atoms with Crippen molar-refractivity contribution in [3.63, 3.8) is 0 Å². The summed E-state index contributed by atoms with van der Waals surface area (Å²) >= 11 is 5.77. The van der Waals surface area contributed by atoms with Crippen molar-refractivity contribution >= 4 is 17.5 Å². The van der Waals surface area contributed by atoms with E-state index in [1.54, 1.807) is 18.2 Å². The Labute approximate surface area is 130 Å². The van der Waals surface area contributed by atoms with Gasteiger partial charge in [0.25, 0.3) is 5.91 Å². The second kappa shape index (κ2) is 7.09. The lowest BCUT2D eigenvalue weighted by molar-refractivity contribution is -0.0504. The molecular formula is C15H12ClF2NO3. The van der Waals surface area contributed by atoms with Crippen molar-refractivity contribution in [3.05, 3.63) is 58.6 Å². The first-order valence-corrected chi connectivity index (χ1v) is 6.64. The van der Waals surface area contributed by atoms with Crippen LogP contribution in [0.1, 0.15) is 15.9 Å². The van der Waals surface area contributed by atoms with E-state index in [9.17, 15) is 18.7 Å². The van der Waals surface area contributed by atoms with Gasteiger partial charge in [0.15, 0.2) is 0 Å². The van der Waals surface area contributed by atoms with Gasteiger partial charge >= 0.3 is 6.61 Å². The van der Waals surface area contributed by atoms with Crippen LogP contribution >= 0.6 is 11.6 Å². The number of nitrogens with one attached hydrogen (secondary N) is 1. The standard InChI is InChI=1S/C15H12ClF2NO3/c16-10-5-6-12(20)11(7-10)14(21)19-8-9-3-1-2-4-13(9)22-15(17)18/h1-7,15,20H,8H2,(H,19,21). The van der Waals surface area contributed by atoms with Gasteiger partial charge in [-0.2, -0.15) is 8.78 Å². The van der Waals surface area contributed by atoms with Crippen molar-refractivity contribution in [1.29, 1.82) is 0 Å². The molecule has 0 saturated carbocycles. The molecule has 0 saturated heterocycles. The highest BCUT2D eigenvalue weighted by molar-refractivity contribution is 6.31. The lowest BCUT2D eigenvalue weighted by atomic mass is 10.1. The molecule has 0 radical (unpaired) electrons. The summed E-state index contributed by atoms with van der Waals surface area (Å²) in [4.78, 5) is 12.0. The number of aromatic hydroxyl groups is 1. The highest BCUT2D eigenvalue weighted by atomic mass is 35.5. The number of phenolic OH excluding ortho intramolecular Hbond substituents is 1. The second-order valence-electron chi connectivity index (χ2n) is 4.33. The van der Waals surface area contributed by atoms with Crippen molar-refractivity contribution in [1.82, 2.24) is 5.32 Å². The predicted octanol–water partition coefficient (Wildman–Crippen LogP) is 3.58. The molecule has 2 aromatic rings. The molecule has 0 spiro atoms. The third-order valence-electron chi connectivity index (χ3n) is 2.83. The normalized spacial score (nSPS) is 10.5. The highest BCUT2D eigenvalue weighted by Crippen LogP contribution is 2.23. The molecule has 4 nitrogen and oxygen atoms in total. The molecule has 0 aromatic heterocycles. The predicted molar refractivity (Wildman–Crippen MR) is 77.4 cm³/mol. The fourth-order valence-electron chi connectivity index (χ4n) is 1.82. The molecule has 2 rings (SSSR count). The number of benzene rings is 2. The maximum absolute atomic E-state index is 12.3. The zero-order valence-corrected chi connectivity index (χ0v) is 12.0. The Balaban J connectivity index is 2.10. The molecule has 7 heteroatoms. The van der Waals surface area contributed by atoms with Crippen LogP contribution in [-0.4, -0.2) is 17.6 Å². The first-order chi connectivity index (χ1) is 10.5. The van der Waals surface area contributed by atoms with Gasteiger partial charge in [-0.25, -0.2) is 0 Å². The van der Waals surface area contributed by atoms with E-state index < -0.39 is 12.5 Å². The number of phenols is 1. The minimum absolute atomic E-state index is 0.000223. The number of amides is 1. The molecule has 0 atom stereocenters. The third-order valence-corrected chi connectivity index (χ3v) is 3.07. The van der Waals surface area contributed by atoms with E-state index in [0.717, 1.165) is 0 Å². The molecule has 0 aliphatic heterocycles. The Kier molecular flexibility index (Phi) is 5.16. The molecule has 22 heavy (non-hydrogen) atoms. The number of para-hydroxylation sites is 1. The van der Waals surface area contributed by atoms with E-state index in [4.69, 9.17) is 11.6 Å². The highest BCUT2D eigenvalue weighted by Gasteiger charge is 2.13. The Morgan fingerprint density at radius 1 is 1.27 bits per heavy atom. The zero-order chi connectivity index (χ0) is 16.1. The van der Waals surface area contributed by atoms with Crippen LogP contribution < -0.4 is 10.1 Å². The van der Waals surface area contributed by atoms with Gasteiger partial charge < -0.3 is 15.2 Å². The molecule has 0 aliphatic rings. The number of carbonyl (C=O) groups excluding carboxylic acids is 1. The van der Waals surface area contributed by atoms with Gasteiger partial charge in [0.05, 0.1) is 5.56 Å². The van der Waals surface area contributed by atoms with Crippen LogP contribution in [-0.2, 0) is 6.54 Å². The summed E-state index contributed by atoms with van der Waals surface area (Å²) in [5.74, 6) is -0.820. The van der Waals surface area contributed by atoms with E-state index in [1.807, 2.05) is 0 Å². The number of carbonyl (C=O) groups is 1. The molecule has 1 amide bonds. The molecule has 0 aliphatic carbocycles. The van der Waals surface area contributed by atoms with Crippen molar-refractivity contribution in [2.24, 2.45) is 0 Å². The van der Waals surface area contributed by atoms with Gasteiger partial charge in [-0.15, -0.1) is 0 Å². The van der Waals surface area contributed by atoms with Crippen LogP contribution in [0.15, 0.2) is 42.5 Å². The summed E-state index contributed by atoms with van der Waals surface area (Å²) < 4.78 is 29.0. The van der Waals surface area contributed by atoms with E-state index in [-0.39, 0.29) is 23.6 Å². The monoisotopic (exact) mass is 327 g/mol. The quantitative estimate of drug-likeness (QED) is 0.882. The number of ether oxygens (including phenoxy) is 1. The number of hydrogen-bond donors (Lipinski definition) is 2. The molecule has 116 valence electrons. The van der Waals surface area contributed by atoms with Crippen molar-refractivity contribution in [2.45, 2.75) is 13.2 Å². The molecule has 0 bridgehead atoms. The first-order valence-electron chi connectivity index (χ1n) is 6.27. The molecule has 0 heterocycles. The van der Waals surface area contributed by atoms with Gasteiger partial charge in [0.2, 0.25) is 0 Å². The van der Waals surface area contributed by atoms with Gasteiger partial charge in [-0.05, 0) is 24.3 Å². The van der Waals surface area contributed by atoms with Crippen molar-refractivity contribution < 1.29 is 23.4 Å². The second-order valence-corrected chi connectivity index (χ2v) is 4.77. The van der Waals surface area contributed by atoms with Crippen LogP contribution in [0.25, 0.3) is 0 Å². The summed E-state index contributed by atoms with van der Waals surface area (Å²) in [5, 5.41) is 12.4. The zero-order valence-electron chi connectivity index (χ0n) is 11.2. The number of halogens is 3. The van der Waals surface area contributed by atoms with Gasteiger partial charge in [-0.1, -0.05) is 29.8 Å². The van der Waals surface area contributed by atoms with Gasteiger partial charge in [0.1, 0.15) is 11.5 Å². The van der Waals surface area contributed by atoms with Crippen molar-refractivity contribution in [2.75, 3.05) is 0 Å². The number of hydrogen-bond acceptors (Lipinski definition) is 3. The summed E-state index contributed by atoms with van der Waals surface area (Å²) in [6, 6.07) is 10.2. The lowest BCUT2D eigenvalue weighted by Crippen LogP contribution is -2.23. The molecule has 2 aromatic carbocycles. The van der Waals surface area contributed by atoms with Crippen LogP contribution in [0.3, 0.4) is 0 Å². The lowest BCUT2D eigenvalue weighted by Gasteiger charge is -2.12. The smallest absolute Gasteiger partial charge is 0.387 e. The minimum Gasteiger partial charge on any atom is -0.507 e. The van der Waals surface area contributed by atoms with E-state index in [1.165, 1.54) is 24.3 Å². The van der Waals surface area contributed by atoms with Crippen LogP contribution in [0.4, 0.5) is 8.78 Å². The SMILES string of the molecule is O=C(NCc1ccccc1OC(F)F)c1cc(Cl)ccc1O. The Bertz CT molecular complexity index is 680. The summed E-state index contributed by atoms with van der Waals surface area (Å²) in [7, 11) is 0. The first kappa shape index (κ1) is 16.0. The maximum atomic E-state index is 12.3. The van der Waals surface area contributed by atoms with Crippen LogP contribution in [0.5, 0.6) is 11.5 Å².